The molecule has 3 heteroatoms. The SMILES string of the molecule is C/C(CF)=N\O. The van der Waals surface area contributed by atoms with E-state index in [1.807, 2.05) is 0 Å². The minimum absolute atomic E-state index is 0.106. The molecule has 0 rings (SSSR count). The first-order valence-corrected chi connectivity index (χ1v) is 1.54. The van der Waals surface area contributed by atoms with E-state index in [0.717, 1.165) is 0 Å². The predicted molar refractivity (Wildman–Crippen MR) is 20.9 cm³/mol. The third-order valence-electron chi connectivity index (χ3n) is 0.364. The van der Waals surface area contributed by atoms with Crippen molar-refractivity contribution in [2.75, 3.05) is 6.67 Å². The molecule has 0 aliphatic carbocycles. The highest BCUT2D eigenvalue weighted by Crippen LogP contribution is 1.72. The highest BCUT2D eigenvalue weighted by atomic mass is 19.1. The van der Waals surface area contributed by atoms with Crippen LogP contribution < -0.4 is 0 Å². The largest absolute Gasteiger partial charge is 0.411 e. The molecular formula is C3H6FNO. The van der Waals surface area contributed by atoms with E-state index in [4.69, 9.17) is 5.21 Å². The van der Waals surface area contributed by atoms with Crippen LogP contribution in [0.1, 0.15) is 6.92 Å². The van der Waals surface area contributed by atoms with Crippen LogP contribution in [0.3, 0.4) is 0 Å². The Morgan fingerprint density at radius 2 is 2.50 bits per heavy atom. The molecule has 0 heterocycles. The summed E-state index contributed by atoms with van der Waals surface area (Å²) >= 11 is 0. The van der Waals surface area contributed by atoms with Crippen LogP contribution in [0.25, 0.3) is 0 Å². The van der Waals surface area contributed by atoms with Crippen LogP contribution in [-0.2, 0) is 0 Å². The Kier molecular flexibility index (Phi) is 2.36. The molecule has 0 atom stereocenters. The fraction of sp³-hybridized carbons (Fsp3) is 0.667. The van der Waals surface area contributed by atoms with Gasteiger partial charge in [0.2, 0.25) is 0 Å². The first kappa shape index (κ1) is 5.40. The molecular weight excluding hydrogens is 85.0 g/mol. The topological polar surface area (TPSA) is 32.6 Å². The van der Waals surface area contributed by atoms with Crippen molar-refractivity contribution in [2.45, 2.75) is 6.92 Å². The van der Waals surface area contributed by atoms with Crippen molar-refractivity contribution in [3.05, 3.63) is 0 Å². The highest BCUT2D eigenvalue weighted by molar-refractivity contribution is 5.82. The zero-order valence-corrected chi connectivity index (χ0v) is 3.48. The van der Waals surface area contributed by atoms with Gasteiger partial charge in [0.1, 0.15) is 6.67 Å². The normalized spacial score (nSPS) is 12.0. The van der Waals surface area contributed by atoms with Gasteiger partial charge in [-0.3, -0.25) is 0 Å². The molecule has 6 heavy (non-hydrogen) atoms. The fourth-order valence-corrected chi connectivity index (χ4v) is 0.0267. The van der Waals surface area contributed by atoms with E-state index in [0.29, 0.717) is 0 Å². The average molecular weight is 91.1 g/mol. The van der Waals surface area contributed by atoms with Crippen LogP contribution in [0.2, 0.25) is 0 Å². The molecule has 0 saturated carbocycles. The molecule has 0 aromatic heterocycles. The lowest BCUT2D eigenvalue weighted by atomic mass is 10.5. The molecule has 0 aliphatic rings. The molecule has 1 N–H and O–H groups in total. The maximum atomic E-state index is 11.1. The molecule has 0 amide bonds. The third kappa shape index (κ3) is 1.69. The second-order valence-corrected chi connectivity index (χ2v) is 0.969. The van der Waals surface area contributed by atoms with Crippen molar-refractivity contribution >= 4 is 5.71 Å². The number of oxime groups is 1. The van der Waals surface area contributed by atoms with Crippen LogP contribution in [0.4, 0.5) is 4.39 Å². The van der Waals surface area contributed by atoms with Gasteiger partial charge in [0.25, 0.3) is 0 Å². The number of hydrogen-bond acceptors (Lipinski definition) is 2. The van der Waals surface area contributed by atoms with E-state index in [1.165, 1.54) is 6.92 Å². The minimum atomic E-state index is -0.670. The average Bonchev–Trinajstić information content (AvgIpc) is 1.65. The molecule has 0 unspecified atom stereocenters. The number of rotatable bonds is 1. The predicted octanol–water partition coefficient (Wildman–Crippen LogP) is 0.806. The van der Waals surface area contributed by atoms with Gasteiger partial charge in [0, 0.05) is 0 Å². The van der Waals surface area contributed by atoms with Crippen LogP contribution in [0.5, 0.6) is 0 Å². The quantitative estimate of drug-likeness (QED) is 0.289. The first-order valence-electron chi connectivity index (χ1n) is 1.54. The van der Waals surface area contributed by atoms with E-state index in [9.17, 15) is 4.39 Å². The summed E-state index contributed by atoms with van der Waals surface area (Å²) < 4.78 is 11.1. The van der Waals surface area contributed by atoms with Crippen LogP contribution >= 0.6 is 0 Å². The van der Waals surface area contributed by atoms with Crippen LogP contribution in [0.15, 0.2) is 5.16 Å². The van der Waals surface area contributed by atoms with Crippen molar-refractivity contribution in [3.63, 3.8) is 0 Å². The lowest BCUT2D eigenvalue weighted by Gasteiger charge is -1.79. The Hall–Kier alpha value is -0.600. The van der Waals surface area contributed by atoms with Crippen molar-refractivity contribution in [2.24, 2.45) is 5.16 Å². The zero-order valence-electron chi connectivity index (χ0n) is 3.48. The summed E-state index contributed by atoms with van der Waals surface area (Å²) in [4.78, 5) is 0. The maximum absolute atomic E-state index is 11.1. The maximum Gasteiger partial charge on any atom is 0.131 e. The molecule has 0 aromatic rings. The highest BCUT2D eigenvalue weighted by Gasteiger charge is 1.81. The molecule has 0 bridgehead atoms. The van der Waals surface area contributed by atoms with Crippen molar-refractivity contribution in [1.29, 1.82) is 0 Å². The Balaban J connectivity index is 3.22. The van der Waals surface area contributed by atoms with E-state index in [2.05, 4.69) is 5.16 Å². The van der Waals surface area contributed by atoms with Crippen LogP contribution in [-0.4, -0.2) is 17.6 Å². The van der Waals surface area contributed by atoms with Crippen molar-refractivity contribution in [3.8, 4) is 0 Å². The smallest absolute Gasteiger partial charge is 0.131 e. The summed E-state index contributed by atoms with van der Waals surface area (Å²) in [6, 6.07) is 0. The van der Waals surface area contributed by atoms with Gasteiger partial charge in [-0.15, -0.1) is 0 Å². The summed E-state index contributed by atoms with van der Waals surface area (Å²) in [6.45, 7) is 0.733. The number of hydrogen-bond donors (Lipinski definition) is 1. The number of halogens is 1. The van der Waals surface area contributed by atoms with Crippen LogP contribution in [0, 0.1) is 0 Å². The second-order valence-electron chi connectivity index (χ2n) is 0.969. The monoisotopic (exact) mass is 91.0 g/mol. The molecule has 0 fully saturated rings. The molecule has 0 radical (unpaired) electrons. The summed E-state index contributed by atoms with van der Waals surface area (Å²) in [5.41, 5.74) is 0.106. The minimum Gasteiger partial charge on any atom is -0.411 e. The zero-order chi connectivity index (χ0) is 4.99. The van der Waals surface area contributed by atoms with Gasteiger partial charge in [0.15, 0.2) is 0 Å². The van der Waals surface area contributed by atoms with Gasteiger partial charge >= 0.3 is 0 Å². The number of alkyl halides is 1. The molecule has 0 saturated heterocycles. The molecule has 0 spiro atoms. The van der Waals surface area contributed by atoms with Gasteiger partial charge in [-0.2, -0.15) is 0 Å². The van der Waals surface area contributed by atoms with E-state index in [1.54, 1.807) is 0 Å². The fourth-order valence-electron chi connectivity index (χ4n) is 0.0267. The summed E-state index contributed by atoms with van der Waals surface area (Å²) in [6.07, 6.45) is 0. The molecule has 2 nitrogen and oxygen atoms in total. The third-order valence-corrected chi connectivity index (χ3v) is 0.364. The van der Waals surface area contributed by atoms with Crippen molar-refractivity contribution in [1.82, 2.24) is 0 Å². The Morgan fingerprint density at radius 3 is 2.50 bits per heavy atom. The van der Waals surface area contributed by atoms with E-state index < -0.39 is 6.67 Å². The summed E-state index contributed by atoms with van der Waals surface area (Å²) in [5, 5.41) is 10.2. The molecule has 0 aliphatic heterocycles. The summed E-state index contributed by atoms with van der Waals surface area (Å²) in [5.74, 6) is 0. The second kappa shape index (κ2) is 2.63. The molecule has 0 aromatic carbocycles. The summed E-state index contributed by atoms with van der Waals surface area (Å²) in [7, 11) is 0. The van der Waals surface area contributed by atoms with Gasteiger partial charge < -0.3 is 5.21 Å². The Bertz CT molecular complexity index is 61.8. The lowest BCUT2D eigenvalue weighted by molar-refractivity contribution is 0.315. The van der Waals surface area contributed by atoms with E-state index >= 15 is 0 Å². The van der Waals surface area contributed by atoms with Crippen molar-refractivity contribution < 1.29 is 9.60 Å². The van der Waals surface area contributed by atoms with Gasteiger partial charge in [0.05, 0.1) is 5.71 Å². The van der Waals surface area contributed by atoms with Gasteiger partial charge in [-0.25, -0.2) is 4.39 Å². The molecule has 36 valence electrons. The first-order chi connectivity index (χ1) is 2.81. The van der Waals surface area contributed by atoms with Gasteiger partial charge in [-0.1, -0.05) is 5.16 Å². The Morgan fingerprint density at radius 1 is 2.00 bits per heavy atom. The van der Waals surface area contributed by atoms with Gasteiger partial charge in [-0.05, 0) is 6.92 Å². The van der Waals surface area contributed by atoms with E-state index in [-0.39, 0.29) is 5.71 Å². The number of nitrogens with zero attached hydrogens (tertiary/aromatic N) is 1. The Labute approximate surface area is 35.3 Å². The standard InChI is InChI=1S/C3H6FNO/c1-3(2-4)5-6/h6H,2H2,1H3/b5-3+. The lowest BCUT2D eigenvalue weighted by Crippen LogP contribution is -1.90.